The van der Waals surface area contributed by atoms with Gasteiger partial charge in [-0.15, -0.1) is 0 Å². The van der Waals surface area contributed by atoms with E-state index >= 15 is 0 Å². The maximum absolute atomic E-state index is 6.33. The molecule has 0 saturated carbocycles. The van der Waals surface area contributed by atoms with Gasteiger partial charge in [0.15, 0.2) is 0 Å². The number of benzene rings is 13. The van der Waals surface area contributed by atoms with Crippen molar-refractivity contribution in [2.75, 3.05) is 0 Å². The number of para-hydroxylation sites is 4. The summed E-state index contributed by atoms with van der Waals surface area (Å²) in [4.78, 5) is 0. The Morgan fingerprint density at radius 2 is 0.471 bits per heavy atom. The number of furan rings is 2. The molecule has 15 aromatic rings. The lowest BCUT2D eigenvalue weighted by atomic mass is 9.91. The van der Waals surface area contributed by atoms with E-state index in [0.717, 1.165) is 60.6 Å². The maximum Gasteiger partial charge on any atom is 0.143 e. The van der Waals surface area contributed by atoms with E-state index in [2.05, 4.69) is 218 Å². The van der Waals surface area contributed by atoms with E-state index in [-0.39, 0.29) is 0 Å². The van der Waals surface area contributed by atoms with Crippen molar-refractivity contribution in [3.8, 4) is 33.4 Å². The van der Waals surface area contributed by atoms with Gasteiger partial charge >= 0.3 is 0 Å². The Labute approximate surface area is 391 Å². The van der Waals surface area contributed by atoms with Crippen molar-refractivity contribution in [2.24, 2.45) is 0 Å². The molecule has 2 nitrogen and oxygen atoms in total. The van der Waals surface area contributed by atoms with E-state index in [1.807, 2.05) is 24.3 Å². The van der Waals surface area contributed by atoms with Gasteiger partial charge in [0.2, 0.25) is 0 Å². The van der Waals surface area contributed by atoms with Crippen LogP contribution in [0.5, 0.6) is 0 Å². The molecular weight excluding hydrogens is 825 g/mol. The fourth-order valence-electron chi connectivity index (χ4n) is 11.0. The SMILES string of the molecule is c1cc(-c2ccc3c4ccccc4c4ccccc4c3c2)cc(-c2cccc3c2oc2ccccc23)c1.c1ccc2c(c1)oc1c(-c3ccc4c5ccccc5c5ccccc5c4c3)cccc12. The van der Waals surface area contributed by atoms with Gasteiger partial charge in [0.25, 0.3) is 0 Å². The minimum absolute atomic E-state index is 0.926. The van der Waals surface area contributed by atoms with Crippen LogP contribution in [-0.4, -0.2) is 0 Å². The van der Waals surface area contributed by atoms with Gasteiger partial charge in [0.05, 0.1) is 0 Å². The van der Waals surface area contributed by atoms with Crippen molar-refractivity contribution in [3.63, 3.8) is 0 Å². The summed E-state index contributed by atoms with van der Waals surface area (Å²) in [5, 5.41) is 20.2. The molecule has 0 aliphatic carbocycles. The molecule has 2 aromatic heterocycles. The van der Waals surface area contributed by atoms with Crippen molar-refractivity contribution in [3.05, 3.63) is 243 Å². The molecule has 0 spiro atoms. The molecule has 0 fully saturated rings. The lowest BCUT2D eigenvalue weighted by Crippen LogP contribution is -1.86. The van der Waals surface area contributed by atoms with Crippen molar-refractivity contribution < 1.29 is 8.83 Å². The molecule has 0 radical (unpaired) electrons. The fraction of sp³-hybridized carbons (Fsp3) is 0. The minimum atomic E-state index is 0.926. The molecule has 68 heavy (non-hydrogen) atoms. The van der Waals surface area contributed by atoms with Crippen LogP contribution in [0.2, 0.25) is 0 Å². The van der Waals surface area contributed by atoms with Gasteiger partial charge in [0.1, 0.15) is 22.3 Å². The summed E-state index contributed by atoms with van der Waals surface area (Å²) < 4.78 is 12.6. The smallest absolute Gasteiger partial charge is 0.143 e. The molecule has 0 atom stereocenters. The van der Waals surface area contributed by atoms with Gasteiger partial charge in [-0.05, 0) is 117 Å². The summed E-state index contributed by atoms with van der Waals surface area (Å²) in [6.45, 7) is 0. The van der Waals surface area contributed by atoms with Crippen molar-refractivity contribution in [1.29, 1.82) is 0 Å². The molecule has 0 N–H and O–H groups in total. The zero-order valence-electron chi connectivity index (χ0n) is 36.9. The summed E-state index contributed by atoms with van der Waals surface area (Å²) in [6.07, 6.45) is 0. The Morgan fingerprint density at radius 1 is 0.176 bits per heavy atom. The van der Waals surface area contributed by atoms with Crippen molar-refractivity contribution >= 4 is 109 Å². The highest BCUT2D eigenvalue weighted by Crippen LogP contribution is 2.42. The van der Waals surface area contributed by atoms with Crippen LogP contribution in [0.15, 0.2) is 251 Å². The normalized spacial score (nSPS) is 11.8. The van der Waals surface area contributed by atoms with Gasteiger partial charge < -0.3 is 8.83 Å². The molecule has 13 aromatic carbocycles. The van der Waals surface area contributed by atoms with Gasteiger partial charge in [0, 0.05) is 32.7 Å². The summed E-state index contributed by atoms with van der Waals surface area (Å²) in [5.41, 5.74) is 10.8. The van der Waals surface area contributed by atoms with E-state index in [1.54, 1.807) is 0 Å². The molecule has 0 bridgehead atoms. The third kappa shape index (κ3) is 5.98. The molecule has 0 saturated heterocycles. The Kier molecular flexibility index (Phi) is 8.62. The topological polar surface area (TPSA) is 26.3 Å². The van der Waals surface area contributed by atoms with Crippen LogP contribution in [-0.2, 0) is 0 Å². The number of hydrogen-bond acceptors (Lipinski definition) is 2. The zero-order valence-corrected chi connectivity index (χ0v) is 36.9. The third-order valence-corrected chi connectivity index (χ3v) is 14.1. The Morgan fingerprint density at radius 3 is 0.926 bits per heavy atom. The predicted molar refractivity (Wildman–Crippen MR) is 289 cm³/mol. The number of fused-ring (bicyclic) bond motifs is 18. The van der Waals surface area contributed by atoms with Gasteiger partial charge in [-0.3, -0.25) is 0 Å². The fourth-order valence-corrected chi connectivity index (χ4v) is 11.0. The van der Waals surface area contributed by atoms with Crippen molar-refractivity contribution in [2.45, 2.75) is 0 Å². The van der Waals surface area contributed by atoms with Crippen LogP contribution in [0.3, 0.4) is 0 Å². The maximum atomic E-state index is 6.33. The molecule has 0 aliphatic heterocycles. The molecular formula is C66H40O2. The van der Waals surface area contributed by atoms with Crippen LogP contribution in [0.25, 0.3) is 142 Å². The Hall–Kier alpha value is -8.98. The average Bonchev–Trinajstić information content (AvgIpc) is 4.00. The molecule has 2 heteroatoms. The second-order valence-electron chi connectivity index (χ2n) is 17.8. The van der Waals surface area contributed by atoms with Gasteiger partial charge in [-0.2, -0.15) is 0 Å². The van der Waals surface area contributed by atoms with Crippen molar-refractivity contribution in [1.82, 2.24) is 0 Å². The highest BCUT2D eigenvalue weighted by atomic mass is 16.3. The average molecular weight is 865 g/mol. The molecule has 0 amide bonds. The summed E-state index contributed by atoms with van der Waals surface area (Å²) in [7, 11) is 0. The monoisotopic (exact) mass is 864 g/mol. The second kappa shape index (κ2) is 15.3. The lowest BCUT2D eigenvalue weighted by molar-refractivity contribution is 0.669. The summed E-state index contributed by atoms with van der Waals surface area (Å²) in [6, 6.07) is 86.8. The molecule has 15 rings (SSSR count). The first kappa shape index (κ1) is 38.3. The van der Waals surface area contributed by atoms with Crippen LogP contribution in [0.1, 0.15) is 0 Å². The highest BCUT2D eigenvalue weighted by molar-refractivity contribution is 6.27. The van der Waals surface area contributed by atoms with E-state index in [1.165, 1.54) is 81.3 Å². The number of rotatable bonds is 3. The van der Waals surface area contributed by atoms with Gasteiger partial charge in [-0.25, -0.2) is 0 Å². The van der Waals surface area contributed by atoms with E-state index < -0.39 is 0 Å². The molecule has 0 unspecified atom stereocenters. The Balaban J connectivity index is 0.000000131. The molecule has 2 heterocycles. The predicted octanol–water partition coefficient (Wildman–Crippen LogP) is 19.1. The molecule has 0 aliphatic rings. The van der Waals surface area contributed by atoms with E-state index in [4.69, 9.17) is 8.83 Å². The van der Waals surface area contributed by atoms with E-state index in [9.17, 15) is 0 Å². The first-order valence-corrected chi connectivity index (χ1v) is 23.3. The lowest BCUT2D eigenvalue weighted by Gasteiger charge is -2.12. The molecule has 316 valence electrons. The number of hydrogen-bond donors (Lipinski definition) is 0. The van der Waals surface area contributed by atoms with Gasteiger partial charge in [-0.1, -0.05) is 212 Å². The van der Waals surface area contributed by atoms with Crippen LogP contribution in [0, 0.1) is 0 Å². The minimum Gasteiger partial charge on any atom is -0.455 e. The first-order valence-electron chi connectivity index (χ1n) is 23.3. The summed E-state index contributed by atoms with van der Waals surface area (Å²) in [5.74, 6) is 0. The third-order valence-electron chi connectivity index (χ3n) is 14.1. The zero-order chi connectivity index (χ0) is 44.7. The standard InChI is InChI=1S/C36H22O.C30H18O/c1-2-13-29-27(11-1)28-12-3-4-14-30(28)34-22-24(19-20-31(29)34)23-9-7-10-25(21-23)26-16-8-17-33-32-15-5-6-18-35(32)37-36(26)33;1-2-10-23-21(8-1)22-9-3-4-11-24(22)28-18-19(16-17-25(23)28)20-13-7-14-27-26-12-5-6-15-29(26)31-30(20)27/h1-22H;1-18H. The van der Waals surface area contributed by atoms with Crippen LogP contribution >= 0.6 is 0 Å². The second-order valence-corrected chi connectivity index (χ2v) is 17.8. The summed E-state index contributed by atoms with van der Waals surface area (Å²) >= 11 is 0. The Bertz CT molecular complexity index is 4440. The first-order chi connectivity index (χ1) is 33.7. The largest absolute Gasteiger partial charge is 0.455 e. The quantitative estimate of drug-likeness (QED) is 0.165. The highest BCUT2D eigenvalue weighted by Gasteiger charge is 2.16. The van der Waals surface area contributed by atoms with E-state index in [0.29, 0.717) is 0 Å². The van der Waals surface area contributed by atoms with Crippen LogP contribution < -0.4 is 0 Å². The van der Waals surface area contributed by atoms with Crippen LogP contribution in [0.4, 0.5) is 0 Å².